The van der Waals surface area contributed by atoms with E-state index >= 15 is 0 Å². The standard InChI is InChI=1S/C24H19F4N3O4S/c1-10-3-5-13-17(7-10)36-23-18(13)24(33)31(11(2)29-23)30-22(32)16-6-4-12(35-16)9-34-21-19(27)14(25)8-15(26)20(21)28/h4,6,8,10H,3,5,7,9H2,1-2H3,(H,30,32)/t10-/m1/s1. The van der Waals surface area contributed by atoms with Gasteiger partial charge in [-0.15, -0.1) is 11.3 Å². The number of benzene rings is 1. The molecular formula is C24H19F4N3O4S. The molecule has 1 aliphatic carbocycles. The second-order valence-electron chi connectivity index (χ2n) is 8.62. The summed E-state index contributed by atoms with van der Waals surface area (Å²) in [4.78, 5) is 32.3. The quantitative estimate of drug-likeness (QED) is 0.295. The lowest BCUT2D eigenvalue weighted by atomic mass is 9.89. The average molecular weight is 521 g/mol. The van der Waals surface area contributed by atoms with Gasteiger partial charge in [0.2, 0.25) is 11.6 Å². The molecule has 0 unspecified atom stereocenters. The second kappa shape index (κ2) is 9.08. The molecule has 0 bridgehead atoms. The van der Waals surface area contributed by atoms with Crippen LogP contribution >= 0.6 is 11.3 Å². The third kappa shape index (κ3) is 4.15. The van der Waals surface area contributed by atoms with Gasteiger partial charge in [0, 0.05) is 10.9 Å². The van der Waals surface area contributed by atoms with Crippen molar-refractivity contribution < 1.29 is 31.5 Å². The highest BCUT2D eigenvalue weighted by molar-refractivity contribution is 7.18. The van der Waals surface area contributed by atoms with Crippen LogP contribution in [0.2, 0.25) is 0 Å². The Morgan fingerprint density at radius 1 is 1.25 bits per heavy atom. The number of hydrogen-bond acceptors (Lipinski definition) is 6. The lowest BCUT2D eigenvalue weighted by molar-refractivity contribution is 0.0975. The van der Waals surface area contributed by atoms with Gasteiger partial charge in [0.25, 0.3) is 5.56 Å². The molecule has 12 heteroatoms. The molecule has 0 aliphatic heterocycles. The van der Waals surface area contributed by atoms with E-state index in [2.05, 4.69) is 17.3 Å². The first-order chi connectivity index (χ1) is 17.1. The SMILES string of the molecule is Cc1nc2sc3c(c2c(=O)n1NC(=O)c1ccc(COc2c(F)c(F)cc(F)c2F)o1)CC[C@@H](C)C3. The summed E-state index contributed by atoms with van der Waals surface area (Å²) in [7, 11) is 0. The van der Waals surface area contributed by atoms with E-state index < -0.39 is 47.1 Å². The van der Waals surface area contributed by atoms with Crippen molar-refractivity contribution >= 4 is 27.5 Å². The second-order valence-corrected chi connectivity index (χ2v) is 9.71. The van der Waals surface area contributed by atoms with Crippen molar-refractivity contribution in [2.45, 2.75) is 39.7 Å². The first-order valence-electron chi connectivity index (χ1n) is 11.0. The van der Waals surface area contributed by atoms with Gasteiger partial charge in [-0.25, -0.2) is 18.4 Å². The van der Waals surface area contributed by atoms with Gasteiger partial charge in [-0.3, -0.25) is 15.0 Å². The third-order valence-corrected chi connectivity index (χ3v) is 7.17. The molecule has 1 aliphatic rings. The number of hydrogen-bond donors (Lipinski definition) is 1. The number of carbonyl (C=O) groups excluding carboxylic acids is 1. The topological polar surface area (TPSA) is 86.4 Å². The number of rotatable bonds is 5. The Kier molecular flexibility index (Phi) is 6.07. The lowest BCUT2D eigenvalue weighted by Crippen LogP contribution is -2.35. The molecular weight excluding hydrogens is 502 g/mol. The van der Waals surface area contributed by atoms with Gasteiger partial charge in [0.05, 0.1) is 5.39 Å². The number of amides is 1. The van der Waals surface area contributed by atoms with E-state index in [4.69, 9.17) is 9.15 Å². The number of halogens is 4. The van der Waals surface area contributed by atoms with E-state index in [0.717, 1.165) is 34.4 Å². The van der Waals surface area contributed by atoms with Crippen LogP contribution in [0.4, 0.5) is 17.6 Å². The zero-order valence-corrected chi connectivity index (χ0v) is 19.9. The van der Waals surface area contributed by atoms with Gasteiger partial charge in [0.15, 0.2) is 23.1 Å². The summed E-state index contributed by atoms with van der Waals surface area (Å²) in [5.41, 5.74) is 3.04. The van der Waals surface area contributed by atoms with Crippen LogP contribution in [0.3, 0.4) is 0 Å². The monoisotopic (exact) mass is 521 g/mol. The van der Waals surface area contributed by atoms with Crippen LogP contribution in [0, 0.1) is 36.1 Å². The Morgan fingerprint density at radius 2 is 1.97 bits per heavy atom. The fourth-order valence-electron chi connectivity index (χ4n) is 4.18. The maximum Gasteiger partial charge on any atom is 0.305 e. The highest BCUT2D eigenvalue weighted by Crippen LogP contribution is 2.35. The van der Waals surface area contributed by atoms with Gasteiger partial charge in [0.1, 0.15) is 23.0 Å². The summed E-state index contributed by atoms with van der Waals surface area (Å²) in [6, 6.07) is 2.61. The summed E-state index contributed by atoms with van der Waals surface area (Å²) in [6.07, 6.45) is 2.61. The summed E-state index contributed by atoms with van der Waals surface area (Å²) in [5, 5.41) is 0.493. The van der Waals surface area contributed by atoms with Crippen molar-refractivity contribution in [2.75, 3.05) is 5.43 Å². The zero-order valence-electron chi connectivity index (χ0n) is 19.1. The smallest absolute Gasteiger partial charge is 0.305 e. The normalized spacial score (nSPS) is 15.2. The van der Waals surface area contributed by atoms with Gasteiger partial charge >= 0.3 is 5.91 Å². The van der Waals surface area contributed by atoms with E-state index in [-0.39, 0.29) is 23.4 Å². The Hall–Kier alpha value is -3.67. The van der Waals surface area contributed by atoms with E-state index in [0.29, 0.717) is 16.1 Å². The predicted molar refractivity (Wildman–Crippen MR) is 123 cm³/mol. The number of nitrogens with one attached hydrogen (secondary N) is 1. The van der Waals surface area contributed by atoms with Gasteiger partial charge in [-0.2, -0.15) is 8.78 Å². The summed E-state index contributed by atoms with van der Waals surface area (Å²) in [5.74, 6) is -8.12. The molecule has 1 aromatic carbocycles. The number of aromatic nitrogens is 2. The first-order valence-corrected chi connectivity index (χ1v) is 11.9. The molecule has 1 amide bonds. The molecule has 0 fully saturated rings. The number of ether oxygens (including phenoxy) is 1. The lowest BCUT2D eigenvalue weighted by Gasteiger charge is -2.17. The molecule has 0 radical (unpaired) electrons. The van der Waals surface area contributed by atoms with Crippen LogP contribution in [0.25, 0.3) is 10.2 Å². The molecule has 5 rings (SSSR count). The molecule has 36 heavy (non-hydrogen) atoms. The molecule has 1 N–H and O–H groups in total. The minimum Gasteiger partial charge on any atom is -0.479 e. The van der Waals surface area contributed by atoms with Gasteiger partial charge in [-0.05, 0) is 49.8 Å². The number of aryl methyl sites for hydroxylation is 2. The summed E-state index contributed by atoms with van der Waals surface area (Å²) in [6.45, 7) is 3.14. The summed E-state index contributed by atoms with van der Waals surface area (Å²) < 4.78 is 65.5. The van der Waals surface area contributed by atoms with Crippen molar-refractivity contribution in [1.29, 1.82) is 0 Å². The molecule has 7 nitrogen and oxygen atoms in total. The van der Waals surface area contributed by atoms with E-state index in [1.165, 1.54) is 23.5 Å². The number of thiophene rings is 1. The molecule has 3 heterocycles. The fourth-order valence-corrected chi connectivity index (χ4v) is 5.60. The van der Waals surface area contributed by atoms with E-state index in [9.17, 15) is 27.2 Å². The van der Waals surface area contributed by atoms with Crippen LogP contribution in [0.5, 0.6) is 5.75 Å². The van der Waals surface area contributed by atoms with Crippen LogP contribution in [-0.4, -0.2) is 15.6 Å². The highest BCUT2D eigenvalue weighted by atomic mass is 32.1. The Morgan fingerprint density at radius 3 is 2.69 bits per heavy atom. The zero-order chi connectivity index (χ0) is 25.7. The van der Waals surface area contributed by atoms with E-state index in [1.54, 1.807) is 6.92 Å². The molecule has 4 aromatic rings. The van der Waals surface area contributed by atoms with Gasteiger partial charge in [-0.1, -0.05) is 6.92 Å². The van der Waals surface area contributed by atoms with Crippen molar-refractivity contribution in [1.82, 2.24) is 9.66 Å². The van der Waals surface area contributed by atoms with Crippen molar-refractivity contribution in [2.24, 2.45) is 5.92 Å². The maximum atomic E-state index is 13.8. The fraction of sp³-hybridized carbons (Fsp3) is 0.292. The Balaban J connectivity index is 1.36. The van der Waals surface area contributed by atoms with Crippen LogP contribution < -0.4 is 15.7 Å². The van der Waals surface area contributed by atoms with Crippen LogP contribution in [0.1, 0.15) is 45.9 Å². The minimum absolute atomic E-state index is 0.0534. The molecule has 188 valence electrons. The van der Waals surface area contributed by atoms with Crippen LogP contribution in [-0.2, 0) is 19.4 Å². The van der Waals surface area contributed by atoms with Crippen LogP contribution in [0.15, 0.2) is 27.4 Å². The predicted octanol–water partition coefficient (Wildman–Crippen LogP) is 5.00. The highest BCUT2D eigenvalue weighted by Gasteiger charge is 2.25. The number of carbonyl (C=O) groups is 1. The van der Waals surface area contributed by atoms with Crippen molar-refractivity contribution in [3.63, 3.8) is 0 Å². The van der Waals surface area contributed by atoms with Crippen molar-refractivity contribution in [3.05, 3.63) is 79.6 Å². The maximum absolute atomic E-state index is 13.8. The molecule has 0 saturated heterocycles. The van der Waals surface area contributed by atoms with Crippen molar-refractivity contribution in [3.8, 4) is 5.75 Å². The Labute approximate surface area is 205 Å². The molecule has 0 spiro atoms. The third-order valence-electron chi connectivity index (χ3n) is 6.03. The van der Waals surface area contributed by atoms with Gasteiger partial charge < -0.3 is 9.15 Å². The molecule has 0 saturated carbocycles. The number of furan rings is 1. The first kappa shape index (κ1) is 24.0. The molecule has 1 atom stereocenters. The minimum atomic E-state index is -1.69. The van der Waals surface area contributed by atoms with E-state index in [1.807, 2.05) is 0 Å². The molecule has 3 aromatic heterocycles. The number of nitrogens with zero attached hydrogens (tertiary/aromatic N) is 2. The Bertz CT molecular complexity index is 1550. The summed E-state index contributed by atoms with van der Waals surface area (Å²) >= 11 is 1.50. The largest absolute Gasteiger partial charge is 0.479 e. The average Bonchev–Trinajstić information content (AvgIpc) is 3.44. The number of fused-ring (bicyclic) bond motifs is 3.